The quantitative estimate of drug-likeness (QED) is 0.400. The lowest BCUT2D eigenvalue weighted by molar-refractivity contribution is -0.148. The molecule has 2 amide bonds. The molecule has 5 nitrogen and oxygen atoms in total. The molecule has 0 aromatic carbocycles. The molecule has 2 N–H and O–H groups in total. The molecule has 0 aromatic rings. The first-order chi connectivity index (χ1) is 5.66. The van der Waals surface area contributed by atoms with Crippen molar-refractivity contribution in [3.63, 3.8) is 0 Å². The van der Waals surface area contributed by atoms with Crippen molar-refractivity contribution in [2.24, 2.45) is 5.73 Å². The van der Waals surface area contributed by atoms with Crippen LogP contribution in [0.3, 0.4) is 0 Å². The lowest BCUT2D eigenvalue weighted by Gasteiger charge is -2.26. The van der Waals surface area contributed by atoms with Crippen molar-refractivity contribution in [1.82, 2.24) is 4.90 Å². The van der Waals surface area contributed by atoms with Gasteiger partial charge in [-0.3, -0.25) is 14.5 Å². The fraction of sp³-hybridized carbons (Fsp3) is 0.571. The zero-order valence-corrected chi connectivity index (χ0v) is 6.49. The average Bonchev–Trinajstić information content (AvgIpc) is 2.06. The summed E-state index contributed by atoms with van der Waals surface area (Å²) in [7, 11) is 0. The summed E-state index contributed by atoms with van der Waals surface area (Å²) in [5.41, 5.74) is 5.41. The average molecular weight is 167 g/mol. The highest BCUT2D eigenvalue weighted by Crippen LogP contribution is 2.10. The van der Waals surface area contributed by atoms with Crippen LogP contribution in [0, 0.1) is 11.3 Å². The van der Waals surface area contributed by atoms with Crippen LogP contribution in [0.4, 0.5) is 0 Å². The number of nitrogens with zero attached hydrogens (tertiary/aromatic N) is 2. The first-order valence-electron chi connectivity index (χ1n) is 3.63. The summed E-state index contributed by atoms with van der Waals surface area (Å²) in [6, 6.07) is 1.13. The van der Waals surface area contributed by atoms with Crippen LogP contribution in [-0.2, 0) is 9.59 Å². The van der Waals surface area contributed by atoms with Gasteiger partial charge in [-0.15, -0.1) is 0 Å². The lowest BCUT2D eigenvalue weighted by Crippen LogP contribution is -2.51. The van der Waals surface area contributed by atoms with Crippen molar-refractivity contribution in [3.8, 4) is 6.07 Å². The SMILES string of the molecule is N#CCN1C(=O)CCC(N)C1=O. The van der Waals surface area contributed by atoms with Crippen molar-refractivity contribution in [3.05, 3.63) is 0 Å². The van der Waals surface area contributed by atoms with E-state index in [1.165, 1.54) is 0 Å². The topological polar surface area (TPSA) is 87.2 Å². The summed E-state index contributed by atoms with van der Waals surface area (Å²) in [6.07, 6.45) is 0.647. The zero-order chi connectivity index (χ0) is 9.14. The van der Waals surface area contributed by atoms with E-state index >= 15 is 0 Å². The number of likely N-dealkylation sites (tertiary alicyclic amines) is 1. The molecule has 1 heterocycles. The third-order valence-electron chi connectivity index (χ3n) is 1.78. The fourth-order valence-electron chi connectivity index (χ4n) is 1.10. The molecule has 0 radical (unpaired) electrons. The number of nitrogens with two attached hydrogens (primary N) is 1. The third-order valence-corrected chi connectivity index (χ3v) is 1.78. The van der Waals surface area contributed by atoms with E-state index in [0.29, 0.717) is 6.42 Å². The van der Waals surface area contributed by atoms with Gasteiger partial charge in [-0.2, -0.15) is 5.26 Å². The summed E-state index contributed by atoms with van der Waals surface area (Å²) >= 11 is 0. The molecule has 0 saturated carbocycles. The predicted octanol–water partition coefficient (Wildman–Crippen LogP) is -1.01. The lowest BCUT2D eigenvalue weighted by atomic mass is 10.1. The van der Waals surface area contributed by atoms with Gasteiger partial charge in [0.05, 0.1) is 12.1 Å². The highest BCUT2D eigenvalue weighted by atomic mass is 16.2. The van der Waals surface area contributed by atoms with Crippen LogP contribution < -0.4 is 5.73 Å². The Morgan fingerprint density at radius 1 is 1.67 bits per heavy atom. The first kappa shape index (κ1) is 8.68. The Kier molecular flexibility index (Phi) is 2.41. The van der Waals surface area contributed by atoms with E-state index in [1.807, 2.05) is 0 Å². The molecule has 5 heteroatoms. The number of rotatable bonds is 1. The Morgan fingerprint density at radius 2 is 2.33 bits per heavy atom. The molecule has 1 saturated heterocycles. The van der Waals surface area contributed by atoms with Gasteiger partial charge in [0, 0.05) is 6.42 Å². The smallest absolute Gasteiger partial charge is 0.247 e. The third kappa shape index (κ3) is 1.43. The van der Waals surface area contributed by atoms with Crippen LogP contribution in [0.15, 0.2) is 0 Å². The highest BCUT2D eigenvalue weighted by Gasteiger charge is 2.31. The van der Waals surface area contributed by atoms with Crippen molar-refractivity contribution < 1.29 is 9.59 Å². The molecule has 1 aliphatic heterocycles. The van der Waals surface area contributed by atoms with Gasteiger partial charge in [0.25, 0.3) is 0 Å². The summed E-state index contributed by atoms with van der Waals surface area (Å²) in [6.45, 7) is -0.189. The van der Waals surface area contributed by atoms with Gasteiger partial charge in [0.1, 0.15) is 6.54 Å². The summed E-state index contributed by atoms with van der Waals surface area (Å²) in [4.78, 5) is 23.1. The number of hydrogen-bond donors (Lipinski definition) is 1. The second-order valence-electron chi connectivity index (χ2n) is 2.62. The van der Waals surface area contributed by atoms with Crippen LogP contribution in [0.1, 0.15) is 12.8 Å². The van der Waals surface area contributed by atoms with E-state index < -0.39 is 11.9 Å². The molecule has 1 atom stereocenters. The first-order valence-corrected chi connectivity index (χ1v) is 3.63. The van der Waals surface area contributed by atoms with E-state index in [2.05, 4.69) is 0 Å². The van der Waals surface area contributed by atoms with Crippen LogP contribution in [-0.4, -0.2) is 29.3 Å². The molecule has 1 rings (SSSR count). The van der Waals surface area contributed by atoms with E-state index in [9.17, 15) is 9.59 Å². The van der Waals surface area contributed by atoms with Crippen LogP contribution >= 0.6 is 0 Å². The molecule has 12 heavy (non-hydrogen) atoms. The number of imide groups is 1. The molecule has 1 aliphatic rings. The second-order valence-corrected chi connectivity index (χ2v) is 2.62. The zero-order valence-electron chi connectivity index (χ0n) is 6.49. The number of carbonyl (C=O) groups is 2. The molecule has 1 fully saturated rings. The minimum absolute atomic E-state index is 0.189. The molecule has 1 unspecified atom stereocenters. The van der Waals surface area contributed by atoms with Gasteiger partial charge in [0.2, 0.25) is 11.8 Å². The number of nitriles is 1. The predicted molar refractivity (Wildman–Crippen MR) is 39.5 cm³/mol. The van der Waals surface area contributed by atoms with Crippen LogP contribution in [0.2, 0.25) is 0 Å². The largest absolute Gasteiger partial charge is 0.320 e. The minimum Gasteiger partial charge on any atom is -0.320 e. The van der Waals surface area contributed by atoms with E-state index in [0.717, 1.165) is 4.90 Å². The molecule has 64 valence electrons. The Morgan fingerprint density at radius 3 is 2.92 bits per heavy atom. The highest BCUT2D eigenvalue weighted by molar-refractivity contribution is 6.00. The van der Waals surface area contributed by atoms with Crippen LogP contribution in [0.25, 0.3) is 0 Å². The monoisotopic (exact) mass is 167 g/mol. The van der Waals surface area contributed by atoms with Crippen molar-refractivity contribution in [2.45, 2.75) is 18.9 Å². The van der Waals surface area contributed by atoms with Crippen molar-refractivity contribution in [2.75, 3.05) is 6.54 Å². The van der Waals surface area contributed by atoms with Crippen molar-refractivity contribution >= 4 is 11.8 Å². The number of carbonyl (C=O) groups excluding carboxylic acids is 2. The normalized spacial score (nSPS) is 24.0. The Bertz CT molecular complexity index is 256. The maximum atomic E-state index is 11.2. The second kappa shape index (κ2) is 3.32. The number of piperidine rings is 1. The standard InChI is InChI=1S/C7H9N3O2/c8-3-4-10-6(11)2-1-5(9)7(10)12/h5H,1-2,4,9H2. The summed E-state index contributed by atoms with van der Waals surface area (Å²) in [5, 5.41) is 8.30. The number of amides is 2. The Hall–Kier alpha value is -1.41. The molecule has 0 aromatic heterocycles. The molecular weight excluding hydrogens is 158 g/mol. The van der Waals surface area contributed by atoms with E-state index in [4.69, 9.17) is 11.0 Å². The van der Waals surface area contributed by atoms with Crippen molar-refractivity contribution in [1.29, 1.82) is 5.26 Å². The molecular formula is C7H9N3O2. The Labute approximate surface area is 69.7 Å². The number of hydrogen-bond acceptors (Lipinski definition) is 4. The van der Waals surface area contributed by atoms with Crippen LogP contribution in [0.5, 0.6) is 0 Å². The maximum absolute atomic E-state index is 11.2. The maximum Gasteiger partial charge on any atom is 0.247 e. The molecule has 0 spiro atoms. The van der Waals surface area contributed by atoms with Gasteiger partial charge >= 0.3 is 0 Å². The van der Waals surface area contributed by atoms with Gasteiger partial charge in [-0.05, 0) is 6.42 Å². The summed E-state index contributed by atoms with van der Waals surface area (Å²) in [5.74, 6) is -0.740. The fourth-order valence-corrected chi connectivity index (χ4v) is 1.10. The van der Waals surface area contributed by atoms with E-state index in [1.54, 1.807) is 6.07 Å². The Balaban J connectivity index is 2.73. The summed E-state index contributed by atoms with van der Waals surface area (Å²) < 4.78 is 0. The van der Waals surface area contributed by atoms with Gasteiger partial charge in [-0.1, -0.05) is 0 Å². The van der Waals surface area contributed by atoms with Gasteiger partial charge in [0.15, 0.2) is 0 Å². The molecule has 0 bridgehead atoms. The van der Waals surface area contributed by atoms with Gasteiger partial charge in [-0.25, -0.2) is 0 Å². The minimum atomic E-state index is -0.615. The molecule has 0 aliphatic carbocycles. The van der Waals surface area contributed by atoms with E-state index in [-0.39, 0.29) is 18.9 Å². The van der Waals surface area contributed by atoms with Gasteiger partial charge < -0.3 is 5.73 Å².